The molecule has 55 heavy (non-hydrogen) atoms. The number of unbranched alkanes of at least 4 members (excludes halogenated alkanes) is 28. The Hall–Kier alpha value is -0.800. The molecule has 0 heterocycles. The predicted octanol–water partition coefficient (Wildman–Crippen LogP) is 12.1. The molecule has 0 saturated heterocycles. The number of carbonyl (C=O) groups excluding carboxylic acids is 1. The van der Waals surface area contributed by atoms with Crippen LogP contribution in [0.4, 0.5) is 0 Å². The zero-order chi connectivity index (χ0) is 40.5. The molecule has 0 bridgehead atoms. The van der Waals surface area contributed by atoms with Crippen LogP contribution in [0.2, 0.25) is 0 Å². The van der Waals surface area contributed by atoms with Gasteiger partial charge in [-0.2, -0.15) is 0 Å². The molecule has 0 aromatic rings. The number of aliphatic hydroxyl groups excluding tert-OH is 2. The molecule has 1 amide bonds. The topological polar surface area (TPSA) is 151 Å². The van der Waals surface area contributed by atoms with Crippen LogP contribution in [0.3, 0.4) is 0 Å². The summed E-state index contributed by atoms with van der Waals surface area (Å²) in [6, 6.07) is -0.896. The third-order valence-corrected chi connectivity index (χ3v) is 11.7. The number of hydrogen-bond acceptors (Lipinski definition) is 7. The number of nitrogens with two attached hydrogens (primary N) is 1. The van der Waals surface area contributed by atoms with Gasteiger partial charge < -0.3 is 26.2 Å². The van der Waals surface area contributed by atoms with Crippen LogP contribution in [0.25, 0.3) is 0 Å². The molecule has 9 nitrogen and oxygen atoms in total. The molecule has 328 valence electrons. The van der Waals surface area contributed by atoms with Gasteiger partial charge in [0.05, 0.1) is 37.9 Å². The second-order valence-corrected chi connectivity index (χ2v) is 17.6. The smallest absolute Gasteiger partial charge is 0.393 e. The van der Waals surface area contributed by atoms with Crippen molar-refractivity contribution in [1.82, 2.24) is 5.32 Å². The van der Waals surface area contributed by atoms with Crippen LogP contribution in [0, 0.1) is 0 Å². The lowest BCUT2D eigenvalue weighted by atomic mass is 10.0. The number of aliphatic hydroxyl groups is 2. The molecule has 0 aromatic heterocycles. The van der Waals surface area contributed by atoms with E-state index in [0.717, 1.165) is 44.9 Å². The number of phosphoric acid groups is 1. The Morgan fingerprint density at radius 1 is 0.600 bits per heavy atom. The van der Waals surface area contributed by atoms with Crippen molar-refractivity contribution in [3.05, 3.63) is 12.2 Å². The number of nitrogens with one attached hydrogen (secondary N) is 1. The Balaban J connectivity index is 4.17. The van der Waals surface area contributed by atoms with Crippen molar-refractivity contribution in [2.75, 3.05) is 19.8 Å². The minimum Gasteiger partial charge on any atom is -0.393 e. The zero-order valence-corrected chi connectivity index (χ0v) is 36.9. The molecule has 0 aromatic carbocycles. The minimum absolute atomic E-state index is 0.0600. The van der Waals surface area contributed by atoms with Crippen molar-refractivity contribution in [1.29, 1.82) is 0 Å². The molecular formula is C45H91N2O7P. The highest BCUT2D eigenvalue weighted by Gasteiger charge is 2.28. The van der Waals surface area contributed by atoms with E-state index in [0.29, 0.717) is 12.8 Å². The first-order valence-corrected chi connectivity index (χ1v) is 24.9. The Morgan fingerprint density at radius 2 is 0.982 bits per heavy atom. The van der Waals surface area contributed by atoms with Crippen LogP contribution in [0.15, 0.2) is 12.2 Å². The van der Waals surface area contributed by atoms with Gasteiger partial charge >= 0.3 is 7.82 Å². The average molecular weight is 803 g/mol. The molecule has 0 aliphatic carbocycles. The molecule has 4 atom stereocenters. The van der Waals surface area contributed by atoms with E-state index in [1.54, 1.807) is 0 Å². The van der Waals surface area contributed by atoms with Gasteiger partial charge in [-0.1, -0.05) is 199 Å². The fraction of sp³-hybridized carbons (Fsp3) is 0.933. The maximum absolute atomic E-state index is 12.8. The third kappa shape index (κ3) is 39.8. The van der Waals surface area contributed by atoms with E-state index in [4.69, 9.17) is 14.8 Å². The molecule has 0 aliphatic heterocycles. The van der Waals surface area contributed by atoms with Crippen LogP contribution >= 0.6 is 7.82 Å². The monoisotopic (exact) mass is 803 g/mol. The standard InChI is InChI=1S/C45H91N2O7P/c1-3-5-7-9-11-13-15-17-18-19-20-21-22-23-25-26-28-30-32-34-36-42(48)40-45(50)47-43(41-54-55(51,52)53-39-38-46)44(49)37-35-33-31-29-27-24-16-14-12-10-8-6-4-2/h22-23,42-44,48-49H,3-21,24-41,46H2,1-2H3,(H,47,50)(H,51,52)/b23-22-. The maximum Gasteiger partial charge on any atom is 0.472 e. The second-order valence-electron chi connectivity index (χ2n) is 16.2. The van der Waals surface area contributed by atoms with E-state index in [9.17, 15) is 24.5 Å². The summed E-state index contributed by atoms with van der Waals surface area (Å²) >= 11 is 0. The lowest BCUT2D eigenvalue weighted by Crippen LogP contribution is -2.47. The minimum atomic E-state index is -4.37. The third-order valence-electron chi connectivity index (χ3n) is 10.7. The van der Waals surface area contributed by atoms with Crippen molar-refractivity contribution in [3.63, 3.8) is 0 Å². The van der Waals surface area contributed by atoms with E-state index in [-0.39, 0.29) is 26.2 Å². The fourth-order valence-corrected chi connectivity index (χ4v) is 7.88. The number of amides is 1. The van der Waals surface area contributed by atoms with E-state index in [1.165, 1.54) is 154 Å². The van der Waals surface area contributed by atoms with Crippen LogP contribution < -0.4 is 11.1 Å². The molecule has 0 aliphatic rings. The summed E-state index contributed by atoms with van der Waals surface area (Å²) in [5, 5.41) is 24.2. The van der Waals surface area contributed by atoms with Crippen molar-refractivity contribution >= 4 is 13.7 Å². The van der Waals surface area contributed by atoms with Gasteiger partial charge in [-0.05, 0) is 38.5 Å². The summed E-state index contributed by atoms with van der Waals surface area (Å²) in [6.45, 7) is 4.06. The van der Waals surface area contributed by atoms with Crippen molar-refractivity contribution in [2.45, 2.75) is 250 Å². The summed E-state index contributed by atoms with van der Waals surface area (Å²) in [5.41, 5.74) is 5.37. The van der Waals surface area contributed by atoms with Crippen LogP contribution in [0.1, 0.15) is 232 Å². The van der Waals surface area contributed by atoms with Gasteiger partial charge in [0.15, 0.2) is 0 Å². The van der Waals surface area contributed by atoms with Gasteiger partial charge in [0.1, 0.15) is 0 Å². The maximum atomic E-state index is 12.8. The molecule has 0 fully saturated rings. The molecule has 0 radical (unpaired) electrons. The SMILES string of the molecule is CCCCCCCCCCCCC/C=C\CCCCCCCC(O)CC(=O)NC(COP(=O)(O)OCCN)C(O)CCCCCCCCCCCCCCC. The number of hydrogen-bond donors (Lipinski definition) is 5. The highest BCUT2D eigenvalue weighted by molar-refractivity contribution is 7.47. The Labute approximate surface area is 339 Å². The second kappa shape index (κ2) is 41.4. The highest BCUT2D eigenvalue weighted by Crippen LogP contribution is 2.43. The van der Waals surface area contributed by atoms with E-state index in [2.05, 4.69) is 31.3 Å². The Kier molecular flexibility index (Phi) is 40.8. The van der Waals surface area contributed by atoms with Gasteiger partial charge in [-0.15, -0.1) is 0 Å². The highest BCUT2D eigenvalue weighted by atomic mass is 31.2. The van der Waals surface area contributed by atoms with Gasteiger partial charge in [0, 0.05) is 6.54 Å². The van der Waals surface area contributed by atoms with Gasteiger partial charge in [-0.25, -0.2) is 4.57 Å². The van der Waals surface area contributed by atoms with Gasteiger partial charge in [0.2, 0.25) is 5.91 Å². The van der Waals surface area contributed by atoms with Gasteiger partial charge in [0.25, 0.3) is 0 Å². The molecular weight excluding hydrogens is 711 g/mol. The summed E-state index contributed by atoms with van der Waals surface area (Å²) in [7, 11) is -4.37. The number of carbonyl (C=O) groups is 1. The van der Waals surface area contributed by atoms with Crippen molar-refractivity contribution in [3.8, 4) is 0 Å². The summed E-state index contributed by atoms with van der Waals surface area (Å²) < 4.78 is 22.1. The first-order chi connectivity index (χ1) is 26.8. The van der Waals surface area contributed by atoms with E-state index >= 15 is 0 Å². The largest absolute Gasteiger partial charge is 0.472 e. The average Bonchev–Trinajstić information content (AvgIpc) is 3.16. The number of phosphoric ester groups is 1. The van der Waals surface area contributed by atoms with E-state index in [1.807, 2.05) is 0 Å². The fourth-order valence-electron chi connectivity index (χ4n) is 7.12. The summed E-state index contributed by atoms with van der Waals surface area (Å²) in [6.07, 6.45) is 42.6. The summed E-state index contributed by atoms with van der Waals surface area (Å²) in [4.78, 5) is 22.8. The van der Waals surface area contributed by atoms with Crippen LogP contribution in [0.5, 0.6) is 0 Å². The van der Waals surface area contributed by atoms with Crippen LogP contribution in [-0.2, 0) is 18.4 Å². The van der Waals surface area contributed by atoms with Crippen LogP contribution in [-0.4, -0.2) is 59.0 Å². The molecule has 0 rings (SSSR count). The normalized spacial score (nSPS) is 14.7. The Morgan fingerprint density at radius 3 is 1.40 bits per heavy atom. The zero-order valence-electron chi connectivity index (χ0n) is 36.0. The van der Waals surface area contributed by atoms with E-state index < -0.39 is 32.0 Å². The molecule has 10 heteroatoms. The number of rotatable bonds is 44. The van der Waals surface area contributed by atoms with Crippen molar-refractivity contribution in [2.24, 2.45) is 5.73 Å². The molecule has 6 N–H and O–H groups in total. The lowest BCUT2D eigenvalue weighted by Gasteiger charge is -2.25. The lowest BCUT2D eigenvalue weighted by molar-refractivity contribution is -0.125. The first-order valence-electron chi connectivity index (χ1n) is 23.4. The number of allylic oxidation sites excluding steroid dienone is 2. The molecule has 0 spiro atoms. The first kappa shape index (κ1) is 54.2. The predicted molar refractivity (Wildman–Crippen MR) is 232 cm³/mol. The van der Waals surface area contributed by atoms with Gasteiger partial charge in [-0.3, -0.25) is 13.8 Å². The van der Waals surface area contributed by atoms with Crippen molar-refractivity contribution < 1.29 is 33.5 Å². The molecule has 0 saturated carbocycles. The molecule has 4 unspecified atom stereocenters. The summed E-state index contributed by atoms with van der Waals surface area (Å²) in [5.74, 6) is -0.416. The quantitative estimate of drug-likeness (QED) is 0.0232. The Bertz CT molecular complexity index is 893.